The SMILES string of the molecule is NCc1ccc(Oc2ccc3c(c2)B(O)OC3)cc1Br. The molecular formula is C14H13BBrNO3. The summed E-state index contributed by atoms with van der Waals surface area (Å²) in [4.78, 5) is 0. The van der Waals surface area contributed by atoms with Crippen LogP contribution in [0.15, 0.2) is 40.9 Å². The minimum Gasteiger partial charge on any atom is -0.457 e. The third kappa shape index (κ3) is 2.60. The van der Waals surface area contributed by atoms with Gasteiger partial charge in [-0.3, -0.25) is 0 Å². The minimum absolute atomic E-state index is 0.438. The Kier molecular flexibility index (Phi) is 3.80. The van der Waals surface area contributed by atoms with Crippen molar-refractivity contribution in [3.05, 3.63) is 52.0 Å². The molecule has 0 fully saturated rings. The molecule has 3 N–H and O–H groups in total. The molecule has 1 aliphatic rings. The average Bonchev–Trinajstić information content (AvgIpc) is 2.81. The maximum atomic E-state index is 9.69. The molecule has 0 radical (unpaired) electrons. The molecule has 4 nitrogen and oxygen atoms in total. The van der Waals surface area contributed by atoms with Gasteiger partial charge >= 0.3 is 7.12 Å². The van der Waals surface area contributed by atoms with Crippen LogP contribution in [-0.4, -0.2) is 12.1 Å². The molecule has 0 bridgehead atoms. The molecule has 0 atom stereocenters. The Balaban J connectivity index is 1.85. The molecule has 102 valence electrons. The number of halogens is 1. The van der Waals surface area contributed by atoms with Crippen LogP contribution in [0.5, 0.6) is 11.5 Å². The molecule has 2 aromatic carbocycles. The van der Waals surface area contributed by atoms with E-state index < -0.39 is 7.12 Å². The standard InChI is InChI=1S/C14H13BBrNO3/c16-14-6-12(3-1-9(14)7-17)20-11-4-2-10-8-19-15(18)13(10)5-11/h1-6,18H,7-8,17H2. The maximum absolute atomic E-state index is 9.69. The third-order valence-electron chi connectivity index (χ3n) is 3.26. The summed E-state index contributed by atoms with van der Waals surface area (Å²) in [5, 5.41) is 9.69. The molecule has 3 rings (SSSR count). The fraction of sp³-hybridized carbons (Fsp3) is 0.143. The number of hydrogen-bond donors (Lipinski definition) is 2. The van der Waals surface area contributed by atoms with Gasteiger partial charge in [0, 0.05) is 11.0 Å². The normalized spacial score (nSPS) is 13.4. The van der Waals surface area contributed by atoms with Crippen LogP contribution in [0.2, 0.25) is 0 Å². The summed E-state index contributed by atoms with van der Waals surface area (Å²) in [6.45, 7) is 0.913. The Morgan fingerprint density at radius 3 is 2.75 bits per heavy atom. The van der Waals surface area contributed by atoms with E-state index in [1.54, 1.807) is 6.07 Å². The molecule has 0 saturated heterocycles. The topological polar surface area (TPSA) is 64.7 Å². The Morgan fingerprint density at radius 2 is 2.00 bits per heavy atom. The van der Waals surface area contributed by atoms with E-state index in [4.69, 9.17) is 15.1 Å². The number of rotatable bonds is 3. The first kappa shape index (κ1) is 13.6. The fourth-order valence-electron chi connectivity index (χ4n) is 2.15. The van der Waals surface area contributed by atoms with Crippen molar-refractivity contribution in [1.82, 2.24) is 0 Å². The van der Waals surface area contributed by atoms with Gasteiger partial charge in [-0.25, -0.2) is 0 Å². The first-order chi connectivity index (χ1) is 9.67. The predicted molar refractivity (Wildman–Crippen MR) is 80.9 cm³/mol. The molecule has 0 amide bonds. The van der Waals surface area contributed by atoms with Crippen molar-refractivity contribution < 1.29 is 14.4 Å². The Bertz CT molecular complexity index is 650. The quantitative estimate of drug-likeness (QED) is 0.842. The van der Waals surface area contributed by atoms with E-state index in [2.05, 4.69) is 15.9 Å². The molecule has 2 aromatic rings. The van der Waals surface area contributed by atoms with Crippen LogP contribution in [0.1, 0.15) is 11.1 Å². The zero-order valence-electron chi connectivity index (χ0n) is 10.7. The summed E-state index contributed by atoms with van der Waals surface area (Å²) in [6.07, 6.45) is 0. The Hall–Kier alpha value is -1.34. The van der Waals surface area contributed by atoms with Gasteiger partial charge in [-0.05, 0) is 40.9 Å². The van der Waals surface area contributed by atoms with Crippen LogP contribution in [0.3, 0.4) is 0 Å². The third-order valence-corrected chi connectivity index (χ3v) is 4.00. The second kappa shape index (κ2) is 5.57. The van der Waals surface area contributed by atoms with Crippen molar-refractivity contribution in [1.29, 1.82) is 0 Å². The van der Waals surface area contributed by atoms with Crippen molar-refractivity contribution >= 4 is 28.5 Å². The summed E-state index contributed by atoms with van der Waals surface area (Å²) >= 11 is 3.46. The van der Waals surface area contributed by atoms with Crippen molar-refractivity contribution in [3.8, 4) is 11.5 Å². The van der Waals surface area contributed by atoms with Crippen molar-refractivity contribution in [2.24, 2.45) is 5.73 Å². The molecule has 0 aromatic heterocycles. The van der Waals surface area contributed by atoms with Crippen LogP contribution in [0.4, 0.5) is 0 Å². The highest BCUT2D eigenvalue weighted by molar-refractivity contribution is 9.10. The van der Waals surface area contributed by atoms with Gasteiger partial charge in [-0.1, -0.05) is 28.1 Å². The highest BCUT2D eigenvalue weighted by Gasteiger charge is 2.27. The van der Waals surface area contributed by atoms with Gasteiger partial charge in [0.2, 0.25) is 0 Å². The number of fused-ring (bicyclic) bond motifs is 1. The highest BCUT2D eigenvalue weighted by Crippen LogP contribution is 2.27. The van der Waals surface area contributed by atoms with E-state index in [0.29, 0.717) is 24.7 Å². The molecule has 0 spiro atoms. The van der Waals surface area contributed by atoms with Gasteiger partial charge in [0.05, 0.1) is 6.61 Å². The lowest BCUT2D eigenvalue weighted by Gasteiger charge is -2.09. The first-order valence-corrected chi connectivity index (χ1v) is 7.05. The lowest BCUT2D eigenvalue weighted by molar-refractivity contribution is 0.275. The minimum atomic E-state index is -0.861. The molecule has 1 aliphatic heterocycles. The van der Waals surface area contributed by atoms with Crippen molar-refractivity contribution in [2.45, 2.75) is 13.2 Å². The van der Waals surface area contributed by atoms with E-state index in [1.807, 2.05) is 30.3 Å². The zero-order chi connectivity index (χ0) is 14.1. The Morgan fingerprint density at radius 1 is 1.25 bits per heavy atom. The lowest BCUT2D eigenvalue weighted by atomic mass is 9.79. The van der Waals surface area contributed by atoms with Crippen LogP contribution in [0, 0.1) is 0 Å². The molecule has 20 heavy (non-hydrogen) atoms. The van der Waals surface area contributed by atoms with Crippen LogP contribution < -0.4 is 15.9 Å². The zero-order valence-corrected chi connectivity index (χ0v) is 12.3. The van der Waals surface area contributed by atoms with E-state index in [9.17, 15) is 5.02 Å². The fourth-order valence-corrected chi connectivity index (χ4v) is 2.67. The summed E-state index contributed by atoms with van der Waals surface area (Å²) in [5.41, 5.74) is 8.40. The highest BCUT2D eigenvalue weighted by atomic mass is 79.9. The van der Waals surface area contributed by atoms with E-state index in [1.165, 1.54) is 0 Å². The summed E-state index contributed by atoms with van der Waals surface area (Å²) < 4.78 is 11.9. The van der Waals surface area contributed by atoms with Crippen LogP contribution in [-0.2, 0) is 17.8 Å². The molecule has 0 saturated carbocycles. The van der Waals surface area contributed by atoms with Crippen molar-refractivity contribution in [3.63, 3.8) is 0 Å². The van der Waals surface area contributed by atoms with Gasteiger partial charge in [-0.2, -0.15) is 0 Å². The molecule has 0 unspecified atom stereocenters. The van der Waals surface area contributed by atoms with Crippen LogP contribution >= 0.6 is 15.9 Å². The largest absolute Gasteiger partial charge is 0.491 e. The van der Waals surface area contributed by atoms with E-state index in [0.717, 1.165) is 21.1 Å². The molecule has 0 aliphatic carbocycles. The summed E-state index contributed by atoms with van der Waals surface area (Å²) in [6, 6.07) is 11.2. The van der Waals surface area contributed by atoms with Gasteiger partial charge in [0.1, 0.15) is 11.5 Å². The monoisotopic (exact) mass is 333 g/mol. The molecule has 6 heteroatoms. The summed E-state index contributed by atoms with van der Waals surface area (Å²) in [5.74, 6) is 1.38. The number of nitrogens with two attached hydrogens (primary N) is 1. The van der Waals surface area contributed by atoms with E-state index in [-0.39, 0.29) is 0 Å². The van der Waals surface area contributed by atoms with Gasteiger partial charge in [-0.15, -0.1) is 0 Å². The number of ether oxygens (including phenoxy) is 1. The lowest BCUT2D eigenvalue weighted by Crippen LogP contribution is -2.27. The number of benzene rings is 2. The first-order valence-electron chi connectivity index (χ1n) is 6.26. The Labute approximate surface area is 125 Å². The number of hydrogen-bond acceptors (Lipinski definition) is 4. The van der Waals surface area contributed by atoms with E-state index >= 15 is 0 Å². The summed E-state index contributed by atoms with van der Waals surface area (Å²) in [7, 11) is -0.861. The van der Waals surface area contributed by atoms with Gasteiger partial charge in [0.15, 0.2) is 0 Å². The second-order valence-corrected chi connectivity index (χ2v) is 5.44. The molecular weight excluding hydrogens is 321 g/mol. The van der Waals surface area contributed by atoms with Crippen LogP contribution in [0.25, 0.3) is 0 Å². The van der Waals surface area contributed by atoms with Gasteiger partial charge in [0.25, 0.3) is 0 Å². The smallest absolute Gasteiger partial charge is 0.457 e. The average molecular weight is 334 g/mol. The van der Waals surface area contributed by atoms with Crippen molar-refractivity contribution in [2.75, 3.05) is 0 Å². The second-order valence-electron chi connectivity index (χ2n) is 4.58. The van der Waals surface area contributed by atoms with Gasteiger partial charge < -0.3 is 20.1 Å². The maximum Gasteiger partial charge on any atom is 0.491 e. The molecule has 1 heterocycles. The predicted octanol–water partition coefficient (Wildman–Crippen LogP) is 1.92.